The van der Waals surface area contributed by atoms with Crippen molar-refractivity contribution in [2.45, 2.75) is 6.92 Å². The SMILES string of the molecule is COc1ccccc1NC(=O)COc1ccc(C=C2SC(=S)N(c3ccccc3C)C2=O)cc1. The van der Waals surface area contributed by atoms with Crippen LogP contribution in [-0.2, 0) is 9.59 Å². The molecule has 8 heteroatoms. The van der Waals surface area contributed by atoms with Gasteiger partial charge in [-0.15, -0.1) is 0 Å². The molecule has 4 rings (SSSR count). The highest BCUT2D eigenvalue weighted by molar-refractivity contribution is 8.27. The van der Waals surface area contributed by atoms with Gasteiger partial charge in [-0.25, -0.2) is 0 Å². The van der Waals surface area contributed by atoms with Gasteiger partial charge in [-0.2, -0.15) is 0 Å². The molecule has 3 aromatic carbocycles. The van der Waals surface area contributed by atoms with Gasteiger partial charge in [0.15, 0.2) is 10.9 Å². The van der Waals surface area contributed by atoms with Gasteiger partial charge >= 0.3 is 0 Å². The maximum atomic E-state index is 13.0. The number of carbonyl (C=O) groups excluding carboxylic acids is 2. The molecule has 0 aliphatic carbocycles. The first kappa shape index (κ1) is 23.5. The fourth-order valence-electron chi connectivity index (χ4n) is 3.38. The summed E-state index contributed by atoms with van der Waals surface area (Å²) in [6.07, 6.45) is 1.80. The Bertz CT molecular complexity index is 1270. The van der Waals surface area contributed by atoms with Crippen molar-refractivity contribution in [1.29, 1.82) is 0 Å². The van der Waals surface area contributed by atoms with Crippen molar-refractivity contribution in [3.63, 3.8) is 0 Å². The number of aryl methyl sites for hydroxylation is 1. The summed E-state index contributed by atoms with van der Waals surface area (Å²) in [7, 11) is 1.55. The molecule has 1 fully saturated rings. The molecule has 1 aliphatic rings. The average Bonchev–Trinajstić information content (AvgIpc) is 3.12. The second-order valence-electron chi connectivity index (χ2n) is 7.41. The zero-order valence-corrected chi connectivity index (χ0v) is 20.2. The van der Waals surface area contributed by atoms with Gasteiger partial charge in [0.1, 0.15) is 11.5 Å². The minimum Gasteiger partial charge on any atom is -0.495 e. The van der Waals surface area contributed by atoms with E-state index in [0.717, 1.165) is 16.8 Å². The van der Waals surface area contributed by atoms with Crippen molar-refractivity contribution in [3.8, 4) is 11.5 Å². The summed E-state index contributed by atoms with van der Waals surface area (Å²) >= 11 is 6.73. The molecule has 0 aromatic heterocycles. The summed E-state index contributed by atoms with van der Waals surface area (Å²) < 4.78 is 11.3. The largest absolute Gasteiger partial charge is 0.495 e. The number of nitrogens with zero attached hydrogens (tertiary/aromatic N) is 1. The molecule has 172 valence electrons. The number of para-hydroxylation sites is 3. The summed E-state index contributed by atoms with van der Waals surface area (Å²) in [6, 6.07) is 22.0. The molecule has 0 saturated carbocycles. The molecule has 2 amide bonds. The number of anilines is 2. The first-order chi connectivity index (χ1) is 16.5. The Morgan fingerprint density at radius 1 is 1.06 bits per heavy atom. The van der Waals surface area contributed by atoms with Crippen LogP contribution >= 0.6 is 24.0 Å². The average molecular weight is 491 g/mol. The predicted octanol–water partition coefficient (Wildman–Crippen LogP) is 5.43. The highest BCUT2D eigenvalue weighted by Crippen LogP contribution is 2.37. The van der Waals surface area contributed by atoms with E-state index in [0.29, 0.717) is 26.4 Å². The van der Waals surface area contributed by atoms with E-state index in [9.17, 15) is 9.59 Å². The predicted molar refractivity (Wildman–Crippen MR) is 140 cm³/mol. The summed E-state index contributed by atoms with van der Waals surface area (Å²) in [5, 5.41) is 2.77. The zero-order valence-electron chi connectivity index (χ0n) is 18.6. The highest BCUT2D eigenvalue weighted by Gasteiger charge is 2.33. The van der Waals surface area contributed by atoms with Crippen molar-refractivity contribution in [2.75, 3.05) is 23.9 Å². The quantitative estimate of drug-likeness (QED) is 0.352. The van der Waals surface area contributed by atoms with E-state index in [4.69, 9.17) is 21.7 Å². The molecule has 34 heavy (non-hydrogen) atoms. The fourth-order valence-corrected chi connectivity index (χ4v) is 4.67. The maximum absolute atomic E-state index is 13.0. The summed E-state index contributed by atoms with van der Waals surface area (Å²) in [6.45, 7) is 1.80. The number of ether oxygens (including phenoxy) is 2. The normalized spacial score (nSPS) is 14.4. The Kier molecular flexibility index (Phi) is 7.30. The van der Waals surface area contributed by atoms with E-state index < -0.39 is 0 Å². The van der Waals surface area contributed by atoms with E-state index in [-0.39, 0.29) is 18.4 Å². The number of hydrogen-bond acceptors (Lipinski definition) is 6. The summed E-state index contributed by atoms with van der Waals surface area (Å²) in [4.78, 5) is 27.3. The second-order valence-corrected chi connectivity index (χ2v) is 9.09. The number of thioether (sulfide) groups is 1. The van der Waals surface area contributed by atoms with E-state index in [1.165, 1.54) is 11.8 Å². The van der Waals surface area contributed by atoms with Gasteiger partial charge in [-0.05, 0) is 54.5 Å². The third-order valence-electron chi connectivity index (χ3n) is 5.08. The molecule has 0 atom stereocenters. The Labute approximate surface area is 207 Å². The Morgan fingerprint density at radius 2 is 1.76 bits per heavy atom. The number of thiocarbonyl (C=S) groups is 1. The van der Waals surface area contributed by atoms with Crippen LogP contribution in [0.2, 0.25) is 0 Å². The van der Waals surface area contributed by atoms with Crippen LogP contribution in [0.1, 0.15) is 11.1 Å². The maximum Gasteiger partial charge on any atom is 0.270 e. The molecular weight excluding hydrogens is 468 g/mol. The van der Waals surface area contributed by atoms with Crippen LogP contribution in [0.25, 0.3) is 6.08 Å². The van der Waals surface area contributed by atoms with Crippen LogP contribution < -0.4 is 19.7 Å². The van der Waals surface area contributed by atoms with Crippen LogP contribution in [0.4, 0.5) is 11.4 Å². The number of methoxy groups -OCH3 is 1. The first-order valence-corrected chi connectivity index (χ1v) is 11.7. The number of benzene rings is 3. The van der Waals surface area contributed by atoms with Crippen LogP contribution in [0, 0.1) is 6.92 Å². The smallest absolute Gasteiger partial charge is 0.270 e. The lowest BCUT2D eigenvalue weighted by Crippen LogP contribution is -2.28. The molecule has 1 heterocycles. The number of nitrogens with one attached hydrogen (secondary N) is 1. The van der Waals surface area contributed by atoms with Crippen molar-refractivity contribution in [3.05, 3.63) is 88.8 Å². The molecule has 3 aromatic rings. The van der Waals surface area contributed by atoms with E-state index in [1.807, 2.05) is 55.5 Å². The van der Waals surface area contributed by atoms with E-state index in [2.05, 4.69) is 5.32 Å². The van der Waals surface area contributed by atoms with Crippen molar-refractivity contribution in [2.24, 2.45) is 0 Å². The molecule has 0 spiro atoms. The van der Waals surface area contributed by atoms with Gasteiger partial charge in [0.05, 0.1) is 23.4 Å². The number of hydrogen-bond donors (Lipinski definition) is 1. The van der Waals surface area contributed by atoms with Gasteiger partial charge in [-0.1, -0.05) is 66.4 Å². The molecule has 0 unspecified atom stereocenters. The lowest BCUT2D eigenvalue weighted by Gasteiger charge is -2.16. The Morgan fingerprint density at radius 3 is 2.50 bits per heavy atom. The summed E-state index contributed by atoms with van der Waals surface area (Å²) in [5.41, 5.74) is 3.19. The standard InChI is InChI=1S/C26H22N2O4S2/c1-17-7-3-5-9-21(17)28-25(30)23(34-26(28)33)15-18-11-13-19(14-12-18)32-16-24(29)27-20-8-4-6-10-22(20)31-2/h3-15H,16H2,1-2H3,(H,27,29). The van der Waals surface area contributed by atoms with E-state index >= 15 is 0 Å². The van der Waals surface area contributed by atoms with Gasteiger partial charge in [0, 0.05) is 0 Å². The molecule has 0 bridgehead atoms. The Hall–Kier alpha value is -3.62. The number of amides is 2. The molecule has 1 saturated heterocycles. The van der Waals surface area contributed by atoms with Crippen LogP contribution in [0.5, 0.6) is 11.5 Å². The lowest BCUT2D eigenvalue weighted by atomic mass is 10.1. The number of carbonyl (C=O) groups is 2. The minimum atomic E-state index is -0.298. The zero-order chi connectivity index (χ0) is 24.1. The van der Waals surface area contributed by atoms with Gasteiger partial charge in [0.2, 0.25) is 0 Å². The van der Waals surface area contributed by atoms with Gasteiger partial charge < -0.3 is 14.8 Å². The highest BCUT2D eigenvalue weighted by atomic mass is 32.2. The Balaban J connectivity index is 1.38. The first-order valence-electron chi connectivity index (χ1n) is 10.5. The molecular formula is C26H22N2O4S2. The lowest BCUT2D eigenvalue weighted by molar-refractivity contribution is -0.118. The third kappa shape index (κ3) is 5.30. The van der Waals surface area contributed by atoms with Crippen LogP contribution in [0.15, 0.2) is 77.7 Å². The molecule has 1 aliphatic heterocycles. The van der Waals surface area contributed by atoms with Crippen LogP contribution in [0.3, 0.4) is 0 Å². The van der Waals surface area contributed by atoms with Crippen LogP contribution in [-0.4, -0.2) is 29.9 Å². The van der Waals surface area contributed by atoms with Crippen molar-refractivity contribution < 1.29 is 19.1 Å². The fraction of sp³-hybridized carbons (Fsp3) is 0.115. The molecule has 1 N–H and O–H groups in total. The van der Waals surface area contributed by atoms with Gasteiger partial charge in [0.25, 0.3) is 11.8 Å². The minimum absolute atomic E-state index is 0.141. The monoisotopic (exact) mass is 490 g/mol. The molecule has 6 nitrogen and oxygen atoms in total. The van der Waals surface area contributed by atoms with Gasteiger partial charge in [-0.3, -0.25) is 14.5 Å². The summed E-state index contributed by atoms with van der Waals surface area (Å²) in [5.74, 6) is 0.680. The third-order valence-corrected chi connectivity index (χ3v) is 6.38. The topological polar surface area (TPSA) is 67.9 Å². The number of rotatable bonds is 7. The molecule has 0 radical (unpaired) electrons. The van der Waals surface area contributed by atoms with Crippen molar-refractivity contribution >= 4 is 57.6 Å². The van der Waals surface area contributed by atoms with E-state index in [1.54, 1.807) is 42.4 Å². The second kappa shape index (κ2) is 10.5. The van der Waals surface area contributed by atoms with Crippen molar-refractivity contribution in [1.82, 2.24) is 0 Å².